The Morgan fingerprint density at radius 3 is 3.00 bits per heavy atom. The largest absolute Gasteiger partial charge is 0.494 e. The third-order valence-corrected chi connectivity index (χ3v) is 1.96. The summed E-state index contributed by atoms with van der Waals surface area (Å²) in [6, 6.07) is 1.53. The van der Waals surface area contributed by atoms with Crippen molar-refractivity contribution in [1.82, 2.24) is 9.97 Å². The van der Waals surface area contributed by atoms with Crippen LogP contribution in [0.15, 0.2) is 18.5 Å². The van der Waals surface area contributed by atoms with E-state index >= 15 is 0 Å². The van der Waals surface area contributed by atoms with E-state index in [0.29, 0.717) is 11.3 Å². The molecule has 0 bridgehead atoms. The van der Waals surface area contributed by atoms with Gasteiger partial charge in [-0.15, -0.1) is 0 Å². The quantitative estimate of drug-likeness (QED) is 0.751. The van der Waals surface area contributed by atoms with Gasteiger partial charge in [-0.05, 0) is 6.07 Å². The maximum atomic E-state index is 10.7. The molecule has 0 aromatic carbocycles. The van der Waals surface area contributed by atoms with Crippen molar-refractivity contribution < 1.29 is 14.6 Å². The van der Waals surface area contributed by atoms with Gasteiger partial charge < -0.3 is 14.8 Å². The Balaban J connectivity index is 2.70. The lowest BCUT2D eigenvalue weighted by Crippen LogP contribution is -1.94. The molecule has 14 heavy (non-hydrogen) atoms. The third kappa shape index (κ3) is 1.19. The van der Waals surface area contributed by atoms with Gasteiger partial charge in [0.2, 0.25) is 0 Å². The number of rotatable bonds is 2. The molecule has 0 fully saturated rings. The van der Waals surface area contributed by atoms with Gasteiger partial charge in [-0.3, -0.25) is 4.98 Å². The number of aromatic amines is 1. The second-order valence-corrected chi connectivity index (χ2v) is 2.79. The first kappa shape index (κ1) is 8.55. The van der Waals surface area contributed by atoms with Gasteiger partial charge in [-0.1, -0.05) is 0 Å². The zero-order valence-electron chi connectivity index (χ0n) is 7.44. The molecular weight excluding hydrogens is 184 g/mol. The fraction of sp³-hybridized carbons (Fsp3) is 0.111. The fourth-order valence-corrected chi connectivity index (χ4v) is 1.30. The Bertz CT molecular complexity index is 490. The van der Waals surface area contributed by atoms with Crippen LogP contribution in [-0.4, -0.2) is 28.2 Å². The van der Waals surface area contributed by atoms with Crippen molar-refractivity contribution in [3.05, 3.63) is 24.2 Å². The Morgan fingerprint density at radius 1 is 1.57 bits per heavy atom. The standard InChI is InChI=1S/C9H8N2O3/c1-14-8-4-10-3-7-5(8)2-6(11-7)9(12)13/h2-4,11H,1H3,(H,12,13). The number of hydrogen-bond donors (Lipinski definition) is 2. The smallest absolute Gasteiger partial charge is 0.352 e. The first-order valence-electron chi connectivity index (χ1n) is 3.96. The summed E-state index contributed by atoms with van der Waals surface area (Å²) >= 11 is 0. The number of nitrogens with zero attached hydrogens (tertiary/aromatic N) is 1. The van der Waals surface area contributed by atoms with Gasteiger partial charge in [0.05, 0.1) is 25.0 Å². The van der Waals surface area contributed by atoms with Crippen LogP contribution in [0.2, 0.25) is 0 Å². The molecule has 0 saturated carbocycles. The highest BCUT2D eigenvalue weighted by Crippen LogP contribution is 2.24. The number of nitrogens with one attached hydrogen (secondary N) is 1. The summed E-state index contributed by atoms with van der Waals surface area (Å²) < 4.78 is 5.05. The number of aromatic carboxylic acids is 1. The molecule has 2 N–H and O–H groups in total. The Morgan fingerprint density at radius 2 is 2.36 bits per heavy atom. The first-order valence-corrected chi connectivity index (χ1v) is 3.96. The van der Waals surface area contributed by atoms with E-state index in [-0.39, 0.29) is 5.69 Å². The van der Waals surface area contributed by atoms with Crippen molar-refractivity contribution in [2.45, 2.75) is 0 Å². The second-order valence-electron chi connectivity index (χ2n) is 2.79. The van der Waals surface area contributed by atoms with Gasteiger partial charge in [-0.25, -0.2) is 4.79 Å². The topological polar surface area (TPSA) is 75.2 Å². The van der Waals surface area contributed by atoms with Gasteiger partial charge in [0.25, 0.3) is 0 Å². The van der Waals surface area contributed by atoms with Gasteiger partial charge in [0, 0.05) is 5.39 Å². The number of methoxy groups -OCH3 is 1. The third-order valence-electron chi connectivity index (χ3n) is 1.96. The molecule has 5 heteroatoms. The first-order chi connectivity index (χ1) is 6.72. The maximum absolute atomic E-state index is 10.7. The predicted molar refractivity (Wildman–Crippen MR) is 49.6 cm³/mol. The summed E-state index contributed by atoms with van der Waals surface area (Å²) in [4.78, 5) is 17.3. The minimum Gasteiger partial charge on any atom is -0.494 e. The predicted octanol–water partition coefficient (Wildman–Crippen LogP) is 1.27. The van der Waals surface area contributed by atoms with Crippen LogP contribution in [0.25, 0.3) is 10.9 Å². The molecule has 0 aliphatic rings. The Hall–Kier alpha value is -2.04. The Kier molecular flexibility index (Phi) is 1.85. The normalized spacial score (nSPS) is 10.4. The highest BCUT2D eigenvalue weighted by Gasteiger charge is 2.10. The van der Waals surface area contributed by atoms with E-state index in [1.54, 1.807) is 12.4 Å². The number of carbonyl (C=O) groups is 1. The van der Waals surface area contributed by atoms with Crippen LogP contribution in [0, 0.1) is 0 Å². The number of hydrogen-bond acceptors (Lipinski definition) is 3. The zero-order chi connectivity index (χ0) is 10.1. The highest BCUT2D eigenvalue weighted by molar-refractivity contribution is 5.95. The SMILES string of the molecule is COc1cncc2[nH]c(C(=O)O)cc12. The molecule has 0 spiro atoms. The number of ether oxygens (including phenoxy) is 1. The average molecular weight is 192 g/mol. The van der Waals surface area contributed by atoms with Crippen molar-refractivity contribution in [1.29, 1.82) is 0 Å². The van der Waals surface area contributed by atoms with E-state index in [1.165, 1.54) is 13.2 Å². The van der Waals surface area contributed by atoms with Crippen LogP contribution in [0.1, 0.15) is 10.5 Å². The fourth-order valence-electron chi connectivity index (χ4n) is 1.30. The van der Waals surface area contributed by atoms with E-state index in [1.807, 2.05) is 0 Å². The van der Waals surface area contributed by atoms with Crippen molar-refractivity contribution in [2.24, 2.45) is 0 Å². The maximum Gasteiger partial charge on any atom is 0.352 e. The monoisotopic (exact) mass is 192 g/mol. The lowest BCUT2D eigenvalue weighted by molar-refractivity contribution is 0.0691. The van der Waals surface area contributed by atoms with Gasteiger partial charge in [-0.2, -0.15) is 0 Å². The average Bonchev–Trinajstić information content (AvgIpc) is 2.60. The lowest BCUT2D eigenvalue weighted by Gasteiger charge is -1.98. The molecule has 0 radical (unpaired) electrons. The molecular formula is C9H8N2O3. The van der Waals surface area contributed by atoms with E-state index in [9.17, 15) is 4.79 Å². The van der Waals surface area contributed by atoms with E-state index < -0.39 is 5.97 Å². The molecule has 0 atom stereocenters. The molecule has 2 heterocycles. The molecule has 5 nitrogen and oxygen atoms in total. The number of carboxylic acid groups (broad SMARTS) is 1. The molecule has 0 aliphatic heterocycles. The molecule has 2 rings (SSSR count). The summed E-state index contributed by atoms with van der Waals surface area (Å²) in [5.41, 5.74) is 0.785. The summed E-state index contributed by atoms with van der Waals surface area (Å²) in [5, 5.41) is 9.48. The van der Waals surface area contributed by atoms with Crippen LogP contribution >= 0.6 is 0 Å². The molecule has 0 saturated heterocycles. The van der Waals surface area contributed by atoms with E-state index in [0.717, 1.165) is 5.39 Å². The number of fused-ring (bicyclic) bond motifs is 1. The number of aromatic nitrogens is 2. The van der Waals surface area contributed by atoms with Crippen LogP contribution in [0.5, 0.6) is 5.75 Å². The summed E-state index contributed by atoms with van der Waals surface area (Å²) in [7, 11) is 1.52. The van der Waals surface area contributed by atoms with E-state index in [2.05, 4.69) is 9.97 Å². The van der Waals surface area contributed by atoms with Crippen LogP contribution in [0.4, 0.5) is 0 Å². The summed E-state index contributed by atoms with van der Waals surface area (Å²) in [6.07, 6.45) is 3.10. The molecule has 0 unspecified atom stereocenters. The lowest BCUT2D eigenvalue weighted by atomic mass is 10.3. The Labute approximate surface area is 79.3 Å². The van der Waals surface area contributed by atoms with Gasteiger partial charge in [0.1, 0.15) is 11.4 Å². The highest BCUT2D eigenvalue weighted by atomic mass is 16.5. The van der Waals surface area contributed by atoms with Gasteiger partial charge >= 0.3 is 5.97 Å². The molecule has 2 aromatic heterocycles. The van der Waals surface area contributed by atoms with Crippen LogP contribution in [0.3, 0.4) is 0 Å². The van der Waals surface area contributed by atoms with Gasteiger partial charge in [0.15, 0.2) is 0 Å². The molecule has 2 aromatic rings. The van der Waals surface area contributed by atoms with Crippen molar-refractivity contribution in [3.63, 3.8) is 0 Å². The molecule has 72 valence electrons. The van der Waals surface area contributed by atoms with Crippen molar-refractivity contribution in [3.8, 4) is 5.75 Å². The van der Waals surface area contributed by atoms with E-state index in [4.69, 9.17) is 9.84 Å². The zero-order valence-corrected chi connectivity index (χ0v) is 7.44. The van der Waals surface area contributed by atoms with Crippen molar-refractivity contribution >= 4 is 16.9 Å². The minimum absolute atomic E-state index is 0.131. The molecule has 0 amide bonds. The summed E-state index contributed by atoms with van der Waals surface area (Å²) in [6.45, 7) is 0. The second kappa shape index (κ2) is 3.02. The number of carboxylic acids is 1. The van der Waals surface area contributed by atoms with Crippen molar-refractivity contribution in [2.75, 3.05) is 7.11 Å². The number of pyridine rings is 1. The molecule has 0 aliphatic carbocycles. The summed E-state index contributed by atoms with van der Waals surface area (Å²) in [5.74, 6) is -0.436. The van der Waals surface area contributed by atoms with Crippen LogP contribution in [-0.2, 0) is 0 Å². The van der Waals surface area contributed by atoms with Crippen LogP contribution < -0.4 is 4.74 Å². The minimum atomic E-state index is -0.997. The number of H-pyrrole nitrogens is 1.